The maximum Gasteiger partial charge on any atom is 0.0292 e. The number of hydrogen-bond acceptors (Lipinski definition) is 1. The van der Waals surface area contributed by atoms with Crippen molar-refractivity contribution in [2.24, 2.45) is 5.92 Å². The fraction of sp³-hybridized carbons (Fsp3) is 0.600. The molecule has 2 rings (SSSR count). The van der Waals surface area contributed by atoms with Gasteiger partial charge in [0.25, 0.3) is 0 Å². The van der Waals surface area contributed by atoms with Crippen LogP contribution in [0.4, 0.5) is 0 Å². The van der Waals surface area contributed by atoms with Gasteiger partial charge in [-0.1, -0.05) is 53.7 Å². The summed E-state index contributed by atoms with van der Waals surface area (Å²) < 4.78 is 1.17. The topological polar surface area (TPSA) is 12.0 Å². The van der Waals surface area contributed by atoms with Gasteiger partial charge in [0.05, 0.1) is 0 Å². The zero-order valence-electron chi connectivity index (χ0n) is 10.6. The molecule has 1 aromatic rings. The molecule has 1 saturated carbocycles. The summed E-state index contributed by atoms with van der Waals surface area (Å²) in [6, 6.07) is 9.03. The van der Waals surface area contributed by atoms with Crippen molar-refractivity contribution in [2.45, 2.75) is 45.1 Å². The van der Waals surface area contributed by atoms with Crippen LogP contribution in [-0.2, 0) is 0 Å². The van der Waals surface area contributed by atoms with Gasteiger partial charge in [0.15, 0.2) is 0 Å². The lowest BCUT2D eigenvalue weighted by Gasteiger charge is -2.16. The molecule has 0 saturated heterocycles. The van der Waals surface area contributed by atoms with Crippen molar-refractivity contribution in [3.05, 3.63) is 34.3 Å². The maximum atomic E-state index is 3.63. The van der Waals surface area contributed by atoms with Gasteiger partial charge in [-0.2, -0.15) is 0 Å². The van der Waals surface area contributed by atoms with E-state index in [9.17, 15) is 0 Å². The van der Waals surface area contributed by atoms with Gasteiger partial charge in [0.2, 0.25) is 0 Å². The second-order valence-corrected chi connectivity index (χ2v) is 6.09. The minimum absolute atomic E-state index is 0.453. The third-order valence-corrected chi connectivity index (χ3v) is 4.32. The second-order valence-electron chi connectivity index (χ2n) is 5.17. The Labute approximate surface area is 113 Å². The summed E-state index contributed by atoms with van der Waals surface area (Å²) in [5.41, 5.74) is 1.37. The van der Waals surface area contributed by atoms with E-state index in [4.69, 9.17) is 0 Å². The van der Waals surface area contributed by atoms with Crippen LogP contribution < -0.4 is 5.32 Å². The van der Waals surface area contributed by atoms with Gasteiger partial charge >= 0.3 is 0 Å². The van der Waals surface area contributed by atoms with Crippen molar-refractivity contribution in [3.8, 4) is 0 Å². The number of nitrogens with one attached hydrogen (secondary N) is 1. The molecule has 1 atom stereocenters. The fourth-order valence-corrected chi connectivity index (χ4v) is 3.11. The Morgan fingerprint density at radius 2 is 2.12 bits per heavy atom. The van der Waals surface area contributed by atoms with Crippen molar-refractivity contribution >= 4 is 15.9 Å². The van der Waals surface area contributed by atoms with Gasteiger partial charge in [-0.05, 0) is 43.5 Å². The summed E-state index contributed by atoms with van der Waals surface area (Å²) in [6.45, 7) is 3.40. The van der Waals surface area contributed by atoms with E-state index in [-0.39, 0.29) is 0 Å². The smallest absolute Gasteiger partial charge is 0.0292 e. The molecule has 94 valence electrons. The molecule has 1 aliphatic carbocycles. The predicted octanol–water partition coefficient (Wildman–Crippen LogP) is 4.68. The van der Waals surface area contributed by atoms with E-state index < -0.39 is 0 Å². The molecule has 17 heavy (non-hydrogen) atoms. The summed E-state index contributed by atoms with van der Waals surface area (Å²) in [4.78, 5) is 0. The molecule has 1 nitrogen and oxygen atoms in total. The Morgan fingerprint density at radius 1 is 1.35 bits per heavy atom. The molecule has 1 fully saturated rings. The molecule has 0 aromatic heterocycles. The zero-order chi connectivity index (χ0) is 12.1. The molecule has 1 unspecified atom stereocenters. The molecule has 0 bridgehead atoms. The van der Waals surface area contributed by atoms with Gasteiger partial charge in [0.1, 0.15) is 0 Å². The van der Waals surface area contributed by atoms with Crippen molar-refractivity contribution in [1.29, 1.82) is 0 Å². The van der Waals surface area contributed by atoms with Crippen molar-refractivity contribution < 1.29 is 0 Å². The highest BCUT2D eigenvalue weighted by Gasteiger charge is 2.14. The van der Waals surface area contributed by atoms with Crippen LogP contribution in [-0.4, -0.2) is 6.54 Å². The van der Waals surface area contributed by atoms with Crippen LogP contribution in [0.3, 0.4) is 0 Å². The van der Waals surface area contributed by atoms with Crippen LogP contribution in [0.5, 0.6) is 0 Å². The van der Waals surface area contributed by atoms with E-state index in [1.54, 1.807) is 0 Å². The first-order valence-electron chi connectivity index (χ1n) is 6.74. The van der Waals surface area contributed by atoms with Crippen LogP contribution in [0.2, 0.25) is 0 Å². The van der Waals surface area contributed by atoms with Crippen molar-refractivity contribution in [2.75, 3.05) is 6.54 Å². The first-order chi connectivity index (χ1) is 8.25. The largest absolute Gasteiger partial charge is 0.310 e. The number of rotatable bonds is 5. The first-order valence-corrected chi connectivity index (χ1v) is 7.54. The van der Waals surface area contributed by atoms with Crippen LogP contribution in [0, 0.1) is 5.92 Å². The number of benzene rings is 1. The molecule has 1 aromatic carbocycles. The lowest BCUT2D eigenvalue weighted by Crippen LogP contribution is -2.21. The van der Waals surface area contributed by atoms with Gasteiger partial charge in [-0.15, -0.1) is 0 Å². The Bertz CT molecular complexity index is 345. The van der Waals surface area contributed by atoms with E-state index in [0.29, 0.717) is 6.04 Å². The van der Waals surface area contributed by atoms with Crippen LogP contribution >= 0.6 is 15.9 Å². The van der Waals surface area contributed by atoms with Crippen LogP contribution in [0.25, 0.3) is 0 Å². The number of halogens is 1. The van der Waals surface area contributed by atoms with Gasteiger partial charge in [0, 0.05) is 10.5 Å². The standard InChI is InChI=1S/C15H22BrN/c1-12(14-7-4-8-15(16)11-14)17-10-9-13-5-2-3-6-13/h4,7-8,11-13,17H,2-3,5-6,9-10H2,1H3. The third-order valence-electron chi connectivity index (χ3n) is 3.83. The van der Waals surface area contributed by atoms with Crippen molar-refractivity contribution in [3.63, 3.8) is 0 Å². The van der Waals surface area contributed by atoms with Crippen molar-refractivity contribution in [1.82, 2.24) is 5.32 Å². The third kappa shape index (κ3) is 4.11. The maximum absolute atomic E-state index is 3.63. The minimum atomic E-state index is 0.453. The lowest BCUT2D eigenvalue weighted by atomic mass is 10.0. The van der Waals surface area contributed by atoms with E-state index in [1.165, 1.54) is 42.1 Å². The van der Waals surface area contributed by atoms with E-state index in [2.05, 4.69) is 52.4 Å². The molecule has 1 N–H and O–H groups in total. The average molecular weight is 296 g/mol. The second kappa shape index (κ2) is 6.55. The SMILES string of the molecule is CC(NCCC1CCCC1)c1cccc(Br)c1. The molecular formula is C15H22BrN. The van der Waals surface area contributed by atoms with Gasteiger partial charge in [-0.3, -0.25) is 0 Å². The summed E-state index contributed by atoms with van der Waals surface area (Å²) in [7, 11) is 0. The molecule has 0 spiro atoms. The Balaban J connectivity index is 1.74. The minimum Gasteiger partial charge on any atom is -0.310 e. The Hall–Kier alpha value is -0.340. The Morgan fingerprint density at radius 3 is 2.82 bits per heavy atom. The van der Waals surface area contributed by atoms with E-state index in [1.807, 2.05) is 0 Å². The quantitative estimate of drug-likeness (QED) is 0.832. The highest BCUT2D eigenvalue weighted by atomic mass is 79.9. The first kappa shape index (κ1) is 13.1. The van der Waals surface area contributed by atoms with E-state index in [0.717, 1.165) is 12.5 Å². The molecule has 0 radical (unpaired) electrons. The fourth-order valence-electron chi connectivity index (χ4n) is 2.70. The highest BCUT2D eigenvalue weighted by Crippen LogP contribution is 2.27. The van der Waals surface area contributed by atoms with E-state index >= 15 is 0 Å². The molecule has 2 heteroatoms. The number of hydrogen-bond donors (Lipinski definition) is 1. The van der Waals surface area contributed by atoms with Crippen LogP contribution in [0.15, 0.2) is 28.7 Å². The summed E-state index contributed by atoms with van der Waals surface area (Å²) in [6.07, 6.45) is 7.15. The summed E-state index contributed by atoms with van der Waals surface area (Å²) in [5, 5.41) is 3.63. The van der Waals surface area contributed by atoms with Crippen LogP contribution in [0.1, 0.15) is 50.6 Å². The lowest BCUT2D eigenvalue weighted by molar-refractivity contribution is 0.455. The zero-order valence-corrected chi connectivity index (χ0v) is 12.2. The Kier molecular flexibility index (Phi) is 5.05. The molecule has 0 heterocycles. The normalized spacial score (nSPS) is 18.5. The van der Waals surface area contributed by atoms with Gasteiger partial charge in [-0.25, -0.2) is 0 Å². The molecule has 1 aliphatic rings. The predicted molar refractivity (Wildman–Crippen MR) is 77.1 cm³/mol. The molecule has 0 amide bonds. The van der Waals surface area contributed by atoms with Gasteiger partial charge < -0.3 is 5.32 Å². The average Bonchev–Trinajstić information content (AvgIpc) is 2.82. The highest BCUT2D eigenvalue weighted by molar-refractivity contribution is 9.10. The molecule has 0 aliphatic heterocycles. The monoisotopic (exact) mass is 295 g/mol. The molecular weight excluding hydrogens is 274 g/mol. The summed E-state index contributed by atoms with van der Waals surface area (Å²) in [5.74, 6) is 0.984. The summed E-state index contributed by atoms with van der Waals surface area (Å²) >= 11 is 3.52.